The molecule has 0 spiro atoms. The van der Waals surface area contributed by atoms with Gasteiger partial charge >= 0.3 is 0 Å². The number of hydrogen-bond donors (Lipinski definition) is 0. The molecular formula is C16H24FN3S. The van der Waals surface area contributed by atoms with E-state index in [0.29, 0.717) is 6.54 Å². The molecule has 0 fully saturated rings. The van der Waals surface area contributed by atoms with Crippen molar-refractivity contribution < 1.29 is 4.39 Å². The van der Waals surface area contributed by atoms with Crippen LogP contribution < -0.4 is 0 Å². The van der Waals surface area contributed by atoms with Crippen LogP contribution in [0.15, 0.2) is 29.3 Å². The molecule has 0 unspecified atom stereocenters. The number of aliphatic imine (C=N–C) groups is 1. The number of amidine groups is 1. The highest BCUT2D eigenvalue weighted by atomic mass is 32.2. The molecule has 5 heteroatoms. The van der Waals surface area contributed by atoms with Crippen LogP contribution in [0.5, 0.6) is 0 Å². The smallest absolute Gasteiger partial charge is 0.159 e. The lowest BCUT2D eigenvalue weighted by Gasteiger charge is -2.28. The molecule has 1 aliphatic heterocycles. The molecule has 3 nitrogen and oxygen atoms in total. The van der Waals surface area contributed by atoms with Gasteiger partial charge in [-0.1, -0.05) is 30.0 Å². The minimum atomic E-state index is -0.128. The first kappa shape index (κ1) is 16.3. The van der Waals surface area contributed by atoms with Gasteiger partial charge < -0.3 is 9.80 Å². The van der Waals surface area contributed by atoms with Gasteiger partial charge in [0, 0.05) is 31.0 Å². The molecule has 0 saturated heterocycles. The van der Waals surface area contributed by atoms with Crippen molar-refractivity contribution in [1.29, 1.82) is 0 Å². The van der Waals surface area contributed by atoms with Crippen LogP contribution in [0.2, 0.25) is 0 Å². The highest BCUT2D eigenvalue weighted by Crippen LogP contribution is 2.19. The zero-order valence-electron chi connectivity index (χ0n) is 12.9. The maximum Gasteiger partial charge on any atom is 0.159 e. The Kier molecular flexibility index (Phi) is 6.51. The molecule has 0 aliphatic carbocycles. The Morgan fingerprint density at radius 1 is 1.24 bits per heavy atom. The lowest BCUT2D eigenvalue weighted by molar-refractivity contribution is 0.343. The second-order valence-corrected chi connectivity index (χ2v) is 6.60. The molecule has 0 radical (unpaired) electrons. The molecule has 0 saturated carbocycles. The number of benzene rings is 1. The maximum absolute atomic E-state index is 13.9. The van der Waals surface area contributed by atoms with E-state index in [1.54, 1.807) is 17.8 Å². The summed E-state index contributed by atoms with van der Waals surface area (Å²) in [6, 6.07) is 7.03. The van der Waals surface area contributed by atoms with E-state index >= 15 is 0 Å². The average molecular weight is 309 g/mol. The molecule has 2 rings (SSSR count). The van der Waals surface area contributed by atoms with Gasteiger partial charge in [0.2, 0.25) is 0 Å². The minimum Gasteiger partial charge on any atom is -0.347 e. The summed E-state index contributed by atoms with van der Waals surface area (Å²) in [5.41, 5.74) is 0.747. The molecule has 0 N–H and O–H groups in total. The second-order valence-electron chi connectivity index (χ2n) is 5.54. The van der Waals surface area contributed by atoms with E-state index in [0.717, 1.165) is 49.0 Å². The zero-order valence-corrected chi connectivity index (χ0v) is 13.7. The van der Waals surface area contributed by atoms with Gasteiger partial charge in [-0.15, -0.1) is 0 Å². The topological polar surface area (TPSA) is 18.8 Å². The van der Waals surface area contributed by atoms with E-state index in [1.165, 1.54) is 6.07 Å². The summed E-state index contributed by atoms with van der Waals surface area (Å²) in [5, 5.41) is 1.07. The summed E-state index contributed by atoms with van der Waals surface area (Å²) in [4.78, 5) is 9.03. The number of hydrogen-bond acceptors (Lipinski definition) is 4. The Morgan fingerprint density at radius 3 is 2.71 bits per heavy atom. The summed E-state index contributed by atoms with van der Waals surface area (Å²) >= 11 is 1.80. The van der Waals surface area contributed by atoms with E-state index in [2.05, 4.69) is 28.9 Å². The van der Waals surface area contributed by atoms with Crippen molar-refractivity contribution >= 4 is 16.9 Å². The van der Waals surface area contributed by atoms with Crippen molar-refractivity contribution in [3.8, 4) is 0 Å². The summed E-state index contributed by atoms with van der Waals surface area (Å²) in [5.74, 6) is 0.983. The zero-order chi connectivity index (χ0) is 15.1. The number of thioether (sulfide) groups is 1. The van der Waals surface area contributed by atoms with Crippen LogP contribution >= 0.6 is 11.8 Å². The summed E-state index contributed by atoms with van der Waals surface area (Å²) in [7, 11) is 4.15. The predicted octanol–water partition coefficient (Wildman–Crippen LogP) is 3.07. The maximum atomic E-state index is 13.9. The van der Waals surface area contributed by atoms with E-state index in [9.17, 15) is 4.39 Å². The first-order chi connectivity index (χ1) is 10.2. The third-order valence-electron chi connectivity index (χ3n) is 3.40. The van der Waals surface area contributed by atoms with Crippen molar-refractivity contribution in [3.63, 3.8) is 0 Å². The van der Waals surface area contributed by atoms with Crippen LogP contribution in [0.1, 0.15) is 18.4 Å². The van der Waals surface area contributed by atoms with Crippen LogP contribution in [0.4, 0.5) is 4.39 Å². The fourth-order valence-corrected chi connectivity index (χ4v) is 3.27. The van der Waals surface area contributed by atoms with Gasteiger partial charge in [-0.05, 0) is 39.5 Å². The number of rotatable bonds is 6. The minimum absolute atomic E-state index is 0.128. The molecule has 0 aromatic heterocycles. The molecule has 116 valence electrons. The number of nitrogens with zero attached hydrogens (tertiary/aromatic N) is 3. The van der Waals surface area contributed by atoms with Crippen LogP contribution in [-0.2, 0) is 6.54 Å². The molecule has 1 aliphatic rings. The second kappa shape index (κ2) is 8.39. The van der Waals surface area contributed by atoms with Crippen molar-refractivity contribution in [2.75, 3.05) is 39.5 Å². The van der Waals surface area contributed by atoms with Gasteiger partial charge in [0.15, 0.2) is 5.17 Å². The van der Waals surface area contributed by atoms with Crippen LogP contribution in [0, 0.1) is 5.82 Å². The van der Waals surface area contributed by atoms with E-state index in [-0.39, 0.29) is 5.82 Å². The Hall–Kier alpha value is -1.07. The van der Waals surface area contributed by atoms with Gasteiger partial charge in [0.05, 0.1) is 0 Å². The highest BCUT2D eigenvalue weighted by Gasteiger charge is 2.16. The van der Waals surface area contributed by atoms with Crippen LogP contribution in [0.3, 0.4) is 0 Å². The monoisotopic (exact) mass is 309 g/mol. The quantitative estimate of drug-likeness (QED) is 0.805. The van der Waals surface area contributed by atoms with Crippen molar-refractivity contribution in [2.24, 2.45) is 4.99 Å². The molecule has 1 heterocycles. The third-order valence-corrected chi connectivity index (χ3v) is 4.54. The molecule has 21 heavy (non-hydrogen) atoms. The van der Waals surface area contributed by atoms with Gasteiger partial charge in [0.1, 0.15) is 5.82 Å². The molecular weight excluding hydrogens is 285 g/mol. The molecule has 1 aromatic carbocycles. The van der Waals surface area contributed by atoms with Crippen LogP contribution in [-0.4, -0.2) is 54.4 Å². The van der Waals surface area contributed by atoms with E-state index in [1.807, 2.05) is 12.1 Å². The molecule has 0 bridgehead atoms. The molecule has 0 atom stereocenters. The average Bonchev–Trinajstić information content (AvgIpc) is 2.49. The molecule has 1 aromatic rings. The van der Waals surface area contributed by atoms with Crippen molar-refractivity contribution in [2.45, 2.75) is 19.4 Å². The van der Waals surface area contributed by atoms with Gasteiger partial charge in [-0.25, -0.2) is 4.39 Å². The van der Waals surface area contributed by atoms with Gasteiger partial charge in [-0.2, -0.15) is 0 Å². The Bertz CT molecular complexity index is 476. The van der Waals surface area contributed by atoms with Gasteiger partial charge in [0.25, 0.3) is 0 Å². The predicted molar refractivity (Wildman–Crippen MR) is 89.4 cm³/mol. The summed E-state index contributed by atoms with van der Waals surface area (Å²) in [6.07, 6.45) is 2.19. The van der Waals surface area contributed by atoms with E-state index < -0.39 is 0 Å². The summed E-state index contributed by atoms with van der Waals surface area (Å²) < 4.78 is 13.9. The largest absolute Gasteiger partial charge is 0.347 e. The summed E-state index contributed by atoms with van der Waals surface area (Å²) in [6.45, 7) is 3.44. The lowest BCUT2D eigenvalue weighted by Crippen LogP contribution is -2.33. The SMILES string of the molecule is CN(C)CCCN(Cc1ccccc1F)C1=NCCCS1. The third kappa shape index (κ3) is 5.32. The highest BCUT2D eigenvalue weighted by molar-refractivity contribution is 8.13. The normalized spacial score (nSPS) is 15.1. The van der Waals surface area contributed by atoms with Crippen molar-refractivity contribution in [3.05, 3.63) is 35.6 Å². The van der Waals surface area contributed by atoms with E-state index in [4.69, 9.17) is 0 Å². The number of halogens is 1. The first-order valence-electron chi connectivity index (χ1n) is 7.47. The Balaban J connectivity index is 2.04. The fraction of sp³-hybridized carbons (Fsp3) is 0.562. The fourth-order valence-electron chi connectivity index (χ4n) is 2.29. The van der Waals surface area contributed by atoms with Crippen LogP contribution in [0.25, 0.3) is 0 Å². The molecule has 0 amide bonds. The first-order valence-corrected chi connectivity index (χ1v) is 8.45. The Morgan fingerprint density at radius 2 is 2.05 bits per heavy atom. The Labute approximate surface area is 131 Å². The standard InChI is InChI=1S/C16H24FN3S/c1-19(2)10-6-11-20(16-18-9-5-12-21-16)13-14-7-3-4-8-15(14)17/h3-4,7-8H,5-6,9-13H2,1-2H3. The van der Waals surface area contributed by atoms with Crippen molar-refractivity contribution in [1.82, 2.24) is 9.80 Å². The lowest BCUT2D eigenvalue weighted by atomic mass is 10.2. The van der Waals surface area contributed by atoms with Gasteiger partial charge in [-0.3, -0.25) is 4.99 Å².